The van der Waals surface area contributed by atoms with Crippen LogP contribution in [0.5, 0.6) is 0 Å². The molecule has 0 aliphatic heterocycles. The molecule has 0 spiro atoms. The highest BCUT2D eigenvalue weighted by molar-refractivity contribution is 6.29. The van der Waals surface area contributed by atoms with Crippen molar-refractivity contribution in [2.75, 3.05) is 5.32 Å². The highest BCUT2D eigenvalue weighted by Crippen LogP contribution is 2.26. The van der Waals surface area contributed by atoms with E-state index in [-0.39, 0.29) is 5.82 Å². The Kier molecular flexibility index (Phi) is 2.60. The van der Waals surface area contributed by atoms with Crippen LogP contribution in [0.15, 0.2) is 41.1 Å². The lowest BCUT2D eigenvalue weighted by atomic mass is 10.2. The van der Waals surface area contributed by atoms with Gasteiger partial charge in [-0.3, -0.25) is 0 Å². The molecule has 0 saturated heterocycles. The Hall–Kier alpha value is -2.14. The lowest BCUT2D eigenvalue weighted by Crippen LogP contribution is -1.91. The number of nitrogens with zero attached hydrogens (tertiary/aromatic N) is 2. The molecule has 0 radical (unpaired) electrons. The minimum atomic E-state index is -0.363. The van der Waals surface area contributed by atoms with Gasteiger partial charge in [-0.2, -0.15) is 0 Å². The first-order valence-corrected chi connectivity index (χ1v) is 5.54. The van der Waals surface area contributed by atoms with Crippen molar-refractivity contribution < 1.29 is 8.91 Å². The smallest absolute Gasteiger partial charge is 0.181 e. The highest BCUT2D eigenvalue weighted by Gasteiger charge is 2.09. The van der Waals surface area contributed by atoms with Crippen molar-refractivity contribution in [3.05, 3.63) is 47.5 Å². The zero-order valence-electron chi connectivity index (χ0n) is 9.02. The summed E-state index contributed by atoms with van der Waals surface area (Å²) in [5, 5.41) is 7.98. The fraction of sp³-hybridized carbons (Fsp3) is 0. The first-order chi connectivity index (χ1) is 8.72. The van der Waals surface area contributed by atoms with Gasteiger partial charge < -0.3 is 9.84 Å². The second kappa shape index (κ2) is 4.27. The number of rotatable bonds is 2. The Morgan fingerprint density at radius 1 is 1.22 bits per heavy atom. The molecular formula is C12H7ClFN3O. The first-order valence-electron chi connectivity index (χ1n) is 5.16. The molecule has 0 aliphatic rings. The van der Waals surface area contributed by atoms with Gasteiger partial charge in [0.25, 0.3) is 0 Å². The molecule has 0 amide bonds. The van der Waals surface area contributed by atoms with Crippen LogP contribution in [0, 0.1) is 5.82 Å². The number of halogens is 2. The van der Waals surface area contributed by atoms with Crippen LogP contribution in [0.1, 0.15) is 0 Å². The number of benzene rings is 1. The molecule has 1 aromatic carbocycles. The molecule has 18 heavy (non-hydrogen) atoms. The van der Waals surface area contributed by atoms with E-state index in [0.29, 0.717) is 21.9 Å². The molecule has 0 aliphatic carbocycles. The SMILES string of the molecule is Fc1ccc2c(Nc3ccc(Cl)nc3)noc2c1. The van der Waals surface area contributed by atoms with Crippen molar-refractivity contribution in [3.8, 4) is 0 Å². The summed E-state index contributed by atoms with van der Waals surface area (Å²) in [4.78, 5) is 3.94. The Morgan fingerprint density at radius 3 is 2.89 bits per heavy atom. The van der Waals surface area contributed by atoms with Crippen LogP contribution in [0.2, 0.25) is 5.15 Å². The van der Waals surface area contributed by atoms with Gasteiger partial charge in [-0.1, -0.05) is 16.8 Å². The lowest BCUT2D eigenvalue weighted by molar-refractivity contribution is 0.458. The first kappa shape index (κ1) is 11.0. The van der Waals surface area contributed by atoms with Crippen LogP contribution in [-0.2, 0) is 0 Å². The maximum absolute atomic E-state index is 13.0. The molecular weight excluding hydrogens is 257 g/mol. The van der Waals surface area contributed by atoms with E-state index >= 15 is 0 Å². The molecule has 2 aromatic heterocycles. The average Bonchev–Trinajstić information content (AvgIpc) is 2.74. The summed E-state index contributed by atoms with van der Waals surface area (Å²) in [6, 6.07) is 7.66. The van der Waals surface area contributed by atoms with Crippen LogP contribution >= 0.6 is 11.6 Å². The van der Waals surface area contributed by atoms with Crippen LogP contribution in [0.4, 0.5) is 15.9 Å². The summed E-state index contributed by atoms with van der Waals surface area (Å²) < 4.78 is 18.0. The van der Waals surface area contributed by atoms with Crippen molar-refractivity contribution in [2.24, 2.45) is 0 Å². The average molecular weight is 264 g/mol. The lowest BCUT2D eigenvalue weighted by Gasteiger charge is -2.01. The molecule has 90 valence electrons. The molecule has 0 atom stereocenters. The number of aromatic nitrogens is 2. The summed E-state index contributed by atoms with van der Waals surface area (Å²) in [6.07, 6.45) is 1.58. The maximum atomic E-state index is 13.0. The monoisotopic (exact) mass is 263 g/mol. The quantitative estimate of drug-likeness (QED) is 0.715. The maximum Gasteiger partial charge on any atom is 0.181 e. The van der Waals surface area contributed by atoms with Gasteiger partial charge in [0.05, 0.1) is 17.3 Å². The van der Waals surface area contributed by atoms with Gasteiger partial charge in [-0.05, 0) is 24.3 Å². The third-order valence-electron chi connectivity index (χ3n) is 2.42. The number of anilines is 2. The zero-order valence-corrected chi connectivity index (χ0v) is 9.78. The molecule has 3 rings (SSSR count). The minimum absolute atomic E-state index is 0.363. The largest absolute Gasteiger partial charge is 0.354 e. The second-order valence-electron chi connectivity index (χ2n) is 3.67. The van der Waals surface area contributed by atoms with Gasteiger partial charge in [0.2, 0.25) is 0 Å². The molecule has 6 heteroatoms. The fourth-order valence-corrected chi connectivity index (χ4v) is 1.70. The van der Waals surface area contributed by atoms with Crippen molar-refractivity contribution in [1.29, 1.82) is 0 Å². The molecule has 0 bridgehead atoms. The number of hydrogen-bond donors (Lipinski definition) is 1. The van der Waals surface area contributed by atoms with Crippen molar-refractivity contribution in [2.45, 2.75) is 0 Å². The standard InChI is InChI=1S/C12H7ClFN3O/c13-11-4-2-8(6-15-11)16-12-9-3-1-7(14)5-10(9)18-17-12/h1-6H,(H,16,17). The molecule has 1 N–H and O–H groups in total. The van der Waals surface area contributed by atoms with E-state index in [0.717, 1.165) is 5.69 Å². The predicted octanol–water partition coefficient (Wildman–Crippen LogP) is 3.76. The molecule has 0 fully saturated rings. The Balaban J connectivity index is 1.97. The summed E-state index contributed by atoms with van der Waals surface area (Å²) in [5.74, 6) is 0.146. The van der Waals surface area contributed by atoms with Gasteiger partial charge in [0.1, 0.15) is 11.0 Å². The van der Waals surface area contributed by atoms with E-state index < -0.39 is 0 Å². The molecule has 0 saturated carbocycles. The van der Waals surface area contributed by atoms with Gasteiger partial charge in [-0.15, -0.1) is 0 Å². The van der Waals surface area contributed by atoms with Crippen molar-refractivity contribution >= 4 is 34.1 Å². The van der Waals surface area contributed by atoms with E-state index in [2.05, 4.69) is 15.5 Å². The summed E-state index contributed by atoms with van der Waals surface area (Å²) in [7, 11) is 0. The topological polar surface area (TPSA) is 51.0 Å². The van der Waals surface area contributed by atoms with E-state index in [4.69, 9.17) is 16.1 Å². The van der Waals surface area contributed by atoms with E-state index in [1.165, 1.54) is 12.1 Å². The Bertz CT molecular complexity index is 696. The zero-order chi connectivity index (χ0) is 12.5. The van der Waals surface area contributed by atoms with Crippen LogP contribution in [-0.4, -0.2) is 10.1 Å². The third kappa shape index (κ3) is 2.00. The van der Waals surface area contributed by atoms with Crippen molar-refractivity contribution in [3.63, 3.8) is 0 Å². The van der Waals surface area contributed by atoms with Gasteiger partial charge >= 0.3 is 0 Å². The Labute approximate surface area is 106 Å². The second-order valence-corrected chi connectivity index (χ2v) is 4.05. The van der Waals surface area contributed by atoms with Crippen LogP contribution in [0.3, 0.4) is 0 Å². The Morgan fingerprint density at radius 2 is 2.11 bits per heavy atom. The molecule has 3 aromatic rings. The van der Waals surface area contributed by atoms with Gasteiger partial charge in [0.15, 0.2) is 11.4 Å². The predicted molar refractivity (Wildman–Crippen MR) is 66.5 cm³/mol. The molecule has 2 heterocycles. The number of hydrogen-bond acceptors (Lipinski definition) is 4. The van der Waals surface area contributed by atoms with Crippen LogP contribution < -0.4 is 5.32 Å². The van der Waals surface area contributed by atoms with Gasteiger partial charge in [0, 0.05) is 6.07 Å². The molecule has 0 unspecified atom stereocenters. The highest BCUT2D eigenvalue weighted by atomic mass is 35.5. The fourth-order valence-electron chi connectivity index (χ4n) is 1.59. The third-order valence-corrected chi connectivity index (χ3v) is 2.65. The number of pyridine rings is 1. The summed E-state index contributed by atoms with van der Waals surface area (Å²) >= 11 is 5.69. The number of fused-ring (bicyclic) bond motifs is 1. The summed E-state index contributed by atoms with van der Waals surface area (Å²) in [5.41, 5.74) is 1.11. The number of nitrogens with one attached hydrogen (secondary N) is 1. The summed E-state index contributed by atoms with van der Waals surface area (Å²) in [6.45, 7) is 0. The minimum Gasteiger partial charge on any atom is -0.354 e. The van der Waals surface area contributed by atoms with E-state index in [9.17, 15) is 4.39 Å². The van der Waals surface area contributed by atoms with Gasteiger partial charge in [-0.25, -0.2) is 9.37 Å². The van der Waals surface area contributed by atoms with E-state index in [1.54, 1.807) is 24.4 Å². The molecule has 4 nitrogen and oxygen atoms in total. The normalized spacial score (nSPS) is 10.8. The van der Waals surface area contributed by atoms with Crippen LogP contribution in [0.25, 0.3) is 11.0 Å². The van der Waals surface area contributed by atoms with Crippen molar-refractivity contribution in [1.82, 2.24) is 10.1 Å². The van der Waals surface area contributed by atoms with E-state index in [1.807, 2.05) is 0 Å².